The lowest BCUT2D eigenvalue weighted by molar-refractivity contribution is 0.100. The summed E-state index contributed by atoms with van der Waals surface area (Å²) in [7, 11) is 0. The predicted molar refractivity (Wildman–Crippen MR) is 77.3 cm³/mol. The van der Waals surface area contributed by atoms with E-state index in [1.165, 1.54) is 18.5 Å². The molecule has 0 atom stereocenters. The maximum absolute atomic E-state index is 11.2. The second-order valence-corrected chi connectivity index (χ2v) is 4.30. The Hall–Kier alpha value is -3.22. The van der Waals surface area contributed by atoms with Crippen LogP contribution in [0.15, 0.2) is 47.9 Å². The fraction of sp³-hybridized carbons (Fsp3) is 0. The lowest BCUT2D eigenvalue weighted by Crippen LogP contribution is -1.97. The molecular formula is C14H9N5O2. The monoisotopic (exact) mass is 279 g/mol. The molecule has 0 saturated carbocycles. The number of fused-ring (bicyclic) bond motifs is 1. The first kappa shape index (κ1) is 12.8. The first-order valence-corrected chi connectivity index (χ1v) is 6.04. The second kappa shape index (κ2) is 5.04. The van der Waals surface area contributed by atoms with Crippen molar-refractivity contribution in [2.75, 3.05) is 5.73 Å². The summed E-state index contributed by atoms with van der Waals surface area (Å²) >= 11 is 0. The van der Waals surface area contributed by atoms with Crippen molar-refractivity contribution >= 4 is 22.8 Å². The highest BCUT2D eigenvalue weighted by atomic mass is 16.3. The molecule has 0 spiro atoms. The number of hydrogen-bond acceptors (Lipinski definition) is 6. The zero-order valence-electron chi connectivity index (χ0n) is 10.7. The number of nitrogens with two attached hydrogens (primary N) is 1. The molecule has 7 heteroatoms. The van der Waals surface area contributed by atoms with Crippen LogP contribution in [-0.2, 0) is 0 Å². The molecule has 7 nitrogen and oxygen atoms in total. The molecule has 3 aromatic rings. The minimum atomic E-state index is -0.800. The van der Waals surface area contributed by atoms with Crippen LogP contribution in [-0.4, -0.2) is 20.9 Å². The van der Waals surface area contributed by atoms with Crippen molar-refractivity contribution in [3.05, 3.63) is 53.2 Å². The van der Waals surface area contributed by atoms with E-state index in [1.807, 2.05) is 0 Å². The van der Waals surface area contributed by atoms with Gasteiger partial charge in [0.05, 0.1) is 11.2 Å². The summed E-state index contributed by atoms with van der Waals surface area (Å²) in [5.74, 6) is -0.496. The SMILES string of the molecule is Nc1ncnc2ccc(-c3ccc(C(=O)N=O)cc3)nc12. The highest BCUT2D eigenvalue weighted by Gasteiger charge is 2.08. The van der Waals surface area contributed by atoms with E-state index < -0.39 is 5.91 Å². The van der Waals surface area contributed by atoms with Crippen LogP contribution in [0.1, 0.15) is 10.4 Å². The van der Waals surface area contributed by atoms with Gasteiger partial charge in [0.15, 0.2) is 5.82 Å². The van der Waals surface area contributed by atoms with Crippen LogP contribution in [0, 0.1) is 4.91 Å². The molecule has 0 aliphatic rings. The number of nitroso groups, excluding NO2 is 1. The average molecular weight is 279 g/mol. The number of aromatic nitrogens is 3. The number of nitrogens with zero attached hydrogens (tertiary/aromatic N) is 4. The van der Waals surface area contributed by atoms with Crippen molar-refractivity contribution in [1.29, 1.82) is 0 Å². The maximum atomic E-state index is 11.2. The highest BCUT2D eigenvalue weighted by molar-refractivity contribution is 5.95. The molecule has 0 unspecified atom stereocenters. The van der Waals surface area contributed by atoms with Crippen LogP contribution in [0.25, 0.3) is 22.3 Å². The zero-order valence-corrected chi connectivity index (χ0v) is 10.7. The van der Waals surface area contributed by atoms with Crippen LogP contribution in [0.3, 0.4) is 0 Å². The molecule has 102 valence electrons. The van der Waals surface area contributed by atoms with Crippen LogP contribution in [0.2, 0.25) is 0 Å². The Morgan fingerprint density at radius 2 is 1.81 bits per heavy atom. The van der Waals surface area contributed by atoms with Gasteiger partial charge in [-0.25, -0.2) is 15.0 Å². The third kappa shape index (κ3) is 2.32. The van der Waals surface area contributed by atoms with E-state index in [4.69, 9.17) is 5.73 Å². The maximum Gasteiger partial charge on any atom is 0.316 e. The van der Waals surface area contributed by atoms with E-state index in [0.717, 1.165) is 5.56 Å². The smallest absolute Gasteiger partial charge is 0.316 e. The minimum absolute atomic E-state index is 0.234. The summed E-state index contributed by atoms with van der Waals surface area (Å²) in [5, 5.41) is 2.38. The normalized spacial score (nSPS) is 10.5. The van der Waals surface area contributed by atoms with E-state index >= 15 is 0 Å². The Kier molecular flexibility index (Phi) is 3.07. The Morgan fingerprint density at radius 1 is 1.05 bits per heavy atom. The standard InChI is InChI=1S/C14H9N5O2/c15-13-12-11(16-7-17-13)6-5-10(18-12)8-1-3-9(4-2-8)14(20)19-21/h1-7H,(H2,15,16,17). The lowest BCUT2D eigenvalue weighted by Gasteiger charge is -2.04. The molecule has 1 amide bonds. The summed E-state index contributed by atoms with van der Waals surface area (Å²) in [6, 6.07) is 10.0. The lowest BCUT2D eigenvalue weighted by atomic mass is 10.1. The van der Waals surface area contributed by atoms with E-state index in [2.05, 4.69) is 20.1 Å². The van der Waals surface area contributed by atoms with Gasteiger partial charge in [-0.2, -0.15) is 0 Å². The van der Waals surface area contributed by atoms with Gasteiger partial charge in [-0.1, -0.05) is 12.1 Å². The highest BCUT2D eigenvalue weighted by Crippen LogP contribution is 2.22. The van der Waals surface area contributed by atoms with E-state index in [-0.39, 0.29) is 5.56 Å². The van der Waals surface area contributed by atoms with Gasteiger partial charge in [0.1, 0.15) is 11.8 Å². The first-order valence-electron chi connectivity index (χ1n) is 6.04. The fourth-order valence-electron chi connectivity index (χ4n) is 1.96. The van der Waals surface area contributed by atoms with Gasteiger partial charge in [0.2, 0.25) is 0 Å². The Labute approximate surface area is 118 Å². The molecule has 0 aliphatic carbocycles. The van der Waals surface area contributed by atoms with Crippen molar-refractivity contribution < 1.29 is 4.79 Å². The van der Waals surface area contributed by atoms with E-state index in [0.29, 0.717) is 22.5 Å². The van der Waals surface area contributed by atoms with Crippen molar-refractivity contribution in [2.24, 2.45) is 5.18 Å². The van der Waals surface area contributed by atoms with Crippen LogP contribution in [0.5, 0.6) is 0 Å². The van der Waals surface area contributed by atoms with Gasteiger partial charge in [0, 0.05) is 16.3 Å². The number of carbonyl (C=O) groups is 1. The molecule has 2 heterocycles. The van der Waals surface area contributed by atoms with Crippen LogP contribution < -0.4 is 5.73 Å². The Morgan fingerprint density at radius 3 is 2.52 bits per heavy atom. The predicted octanol–water partition coefficient (Wildman–Crippen LogP) is 2.18. The summed E-state index contributed by atoms with van der Waals surface area (Å²) in [6.45, 7) is 0. The molecule has 2 aromatic heterocycles. The van der Waals surface area contributed by atoms with Gasteiger partial charge in [-0.05, 0) is 24.3 Å². The van der Waals surface area contributed by atoms with Crippen molar-refractivity contribution in [1.82, 2.24) is 15.0 Å². The molecule has 0 radical (unpaired) electrons. The average Bonchev–Trinajstić information content (AvgIpc) is 2.54. The summed E-state index contributed by atoms with van der Waals surface area (Å²) in [5.41, 5.74) is 8.64. The fourth-order valence-corrected chi connectivity index (χ4v) is 1.96. The number of hydrogen-bond donors (Lipinski definition) is 1. The number of amides is 1. The largest absolute Gasteiger partial charge is 0.382 e. The number of anilines is 1. The topological polar surface area (TPSA) is 111 Å². The molecule has 1 aromatic carbocycles. The van der Waals surface area contributed by atoms with E-state index in [9.17, 15) is 9.70 Å². The summed E-state index contributed by atoms with van der Waals surface area (Å²) in [4.78, 5) is 33.8. The van der Waals surface area contributed by atoms with Gasteiger partial charge in [-0.15, -0.1) is 4.91 Å². The van der Waals surface area contributed by atoms with Crippen LogP contribution in [0.4, 0.5) is 5.82 Å². The van der Waals surface area contributed by atoms with Crippen LogP contribution >= 0.6 is 0 Å². The Balaban J connectivity index is 2.06. The summed E-state index contributed by atoms with van der Waals surface area (Å²) < 4.78 is 0. The van der Waals surface area contributed by atoms with Crippen molar-refractivity contribution in [2.45, 2.75) is 0 Å². The third-order valence-electron chi connectivity index (χ3n) is 3.02. The third-order valence-corrected chi connectivity index (χ3v) is 3.02. The van der Waals surface area contributed by atoms with Crippen molar-refractivity contribution in [3.63, 3.8) is 0 Å². The Bertz CT molecular complexity index is 846. The number of benzene rings is 1. The zero-order chi connectivity index (χ0) is 14.8. The molecule has 3 rings (SSSR count). The van der Waals surface area contributed by atoms with Crippen molar-refractivity contribution in [3.8, 4) is 11.3 Å². The van der Waals surface area contributed by atoms with Gasteiger partial charge < -0.3 is 5.73 Å². The summed E-state index contributed by atoms with van der Waals surface area (Å²) in [6.07, 6.45) is 1.38. The number of rotatable bonds is 2. The minimum Gasteiger partial charge on any atom is -0.382 e. The quantitative estimate of drug-likeness (QED) is 0.719. The number of pyridine rings is 1. The molecular weight excluding hydrogens is 270 g/mol. The van der Waals surface area contributed by atoms with E-state index in [1.54, 1.807) is 24.3 Å². The van der Waals surface area contributed by atoms with Gasteiger partial charge in [0.25, 0.3) is 0 Å². The van der Waals surface area contributed by atoms with Gasteiger partial charge >= 0.3 is 5.91 Å². The molecule has 0 fully saturated rings. The number of carbonyl (C=O) groups excluding carboxylic acids is 1. The molecule has 0 aliphatic heterocycles. The van der Waals surface area contributed by atoms with Gasteiger partial charge in [-0.3, -0.25) is 4.79 Å². The number of nitrogen functional groups attached to an aromatic ring is 1. The molecule has 21 heavy (non-hydrogen) atoms. The molecule has 0 saturated heterocycles. The molecule has 0 bridgehead atoms. The molecule has 2 N–H and O–H groups in total. The first-order chi connectivity index (χ1) is 10.2. The second-order valence-electron chi connectivity index (χ2n) is 4.30.